The number of nitrogens with zero attached hydrogens (tertiary/aromatic N) is 4. The average Bonchev–Trinajstić information content (AvgIpc) is 2.88. The Balaban J connectivity index is 1.64. The number of hydrogen-bond donors (Lipinski definition) is 2. The van der Waals surface area contributed by atoms with E-state index in [0.717, 1.165) is 18.5 Å². The van der Waals surface area contributed by atoms with Crippen molar-refractivity contribution < 1.29 is 23.2 Å². The van der Waals surface area contributed by atoms with Crippen LogP contribution in [0.3, 0.4) is 0 Å². The van der Waals surface area contributed by atoms with Crippen molar-refractivity contribution in [2.24, 2.45) is 0 Å². The molecule has 1 aromatic carbocycles. The number of hydrogen-bond acceptors (Lipinski definition) is 8. The Hall–Kier alpha value is -2.23. The average molecular weight is 494 g/mol. The van der Waals surface area contributed by atoms with E-state index in [4.69, 9.17) is 10.00 Å². The van der Waals surface area contributed by atoms with Crippen molar-refractivity contribution in [1.29, 1.82) is 5.26 Å². The molecule has 1 amide bonds. The lowest BCUT2D eigenvalue weighted by molar-refractivity contribution is -0.133. The highest BCUT2D eigenvalue weighted by Gasteiger charge is 2.55. The molecule has 11 heteroatoms. The van der Waals surface area contributed by atoms with E-state index in [1.165, 1.54) is 9.87 Å². The van der Waals surface area contributed by atoms with Gasteiger partial charge in [-0.1, -0.05) is 12.1 Å². The van der Waals surface area contributed by atoms with Gasteiger partial charge >= 0.3 is 0 Å². The molecule has 2 fully saturated rings. The Morgan fingerprint density at radius 3 is 2.35 bits per heavy atom. The summed E-state index contributed by atoms with van der Waals surface area (Å²) >= 11 is 0. The number of carbonyl (C=O) groups is 1. The van der Waals surface area contributed by atoms with E-state index < -0.39 is 20.7 Å². The zero-order valence-electron chi connectivity index (χ0n) is 19.8. The second kappa shape index (κ2) is 12.0. The van der Waals surface area contributed by atoms with Crippen LogP contribution >= 0.6 is 0 Å². The molecule has 0 saturated carbocycles. The predicted molar refractivity (Wildman–Crippen MR) is 128 cm³/mol. The topological polar surface area (TPSA) is 126 Å². The first-order valence-corrected chi connectivity index (χ1v) is 13.2. The van der Waals surface area contributed by atoms with Gasteiger partial charge in [-0.05, 0) is 43.4 Å². The normalized spacial score (nSPS) is 19.5. The van der Waals surface area contributed by atoms with Gasteiger partial charge in [0, 0.05) is 65.0 Å². The van der Waals surface area contributed by atoms with Gasteiger partial charge in [-0.2, -0.15) is 9.57 Å². The maximum Gasteiger partial charge on any atom is 0.266 e. The molecule has 1 aromatic rings. The maximum atomic E-state index is 13.7. The molecule has 10 nitrogen and oxygen atoms in total. The summed E-state index contributed by atoms with van der Waals surface area (Å²) in [7, 11) is -2.36. The molecule has 34 heavy (non-hydrogen) atoms. The Morgan fingerprint density at radius 1 is 1.15 bits per heavy atom. The van der Waals surface area contributed by atoms with E-state index in [9.17, 15) is 18.4 Å². The molecule has 2 heterocycles. The quantitative estimate of drug-likeness (QED) is 0.281. The number of methoxy groups -OCH3 is 1. The first-order valence-electron chi connectivity index (χ1n) is 11.7. The zero-order chi connectivity index (χ0) is 24.6. The fourth-order valence-electron chi connectivity index (χ4n) is 4.74. The summed E-state index contributed by atoms with van der Waals surface area (Å²) in [6.45, 7) is 3.68. The zero-order valence-corrected chi connectivity index (χ0v) is 20.6. The van der Waals surface area contributed by atoms with Gasteiger partial charge in [-0.25, -0.2) is 13.9 Å². The molecule has 3 rings (SSSR count). The number of anilines is 1. The minimum Gasteiger partial charge on any atom is -0.383 e. The number of ether oxygens (including phenoxy) is 1. The van der Waals surface area contributed by atoms with Crippen molar-refractivity contribution in [2.45, 2.75) is 36.9 Å². The number of nitriles is 1. The first kappa shape index (κ1) is 26.4. The third-order valence-electron chi connectivity index (χ3n) is 6.92. The van der Waals surface area contributed by atoms with Gasteiger partial charge in [-0.15, -0.1) is 0 Å². The number of piperazine rings is 1. The van der Waals surface area contributed by atoms with Crippen LogP contribution in [0.25, 0.3) is 0 Å². The Kier molecular flexibility index (Phi) is 9.27. The predicted octanol–water partition coefficient (Wildman–Crippen LogP) is 0.971. The molecule has 0 bridgehead atoms. The number of likely N-dealkylation sites (tertiary alicyclic amines) is 1. The molecular weight excluding hydrogens is 458 g/mol. The number of hydroxylamine groups is 1. The minimum atomic E-state index is -3.98. The van der Waals surface area contributed by atoms with Crippen molar-refractivity contribution in [3.63, 3.8) is 0 Å². The number of rotatable bonds is 10. The number of piperidine rings is 1. The molecule has 0 aromatic heterocycles. The summed E-state index contributed by atoms with van der Waals surface area (Å²) in [5, 5.41) is 18.0. The lowest BCUT2D eigenvalue weighted by Crippen LogP contribution is -2.63. The molecule has 2 aliphatic heterocycles. The van der Waals surface area contributed by atoms with Crippen LogP contribution in [0.4, 0.5) is 5.69 Å². The van der Waals surface area contributed by atoms with Crippen LogP contribution < -0.4 is 10.4 Å². The van der Waals surface area contributed by atoms with Gasteiger partial charge in [0.1, 0.15) is 0 Å². The van der Waals surface area contributed by atoms with Crippen molar-refractivity contribution in [3.8, 4) is 6.07 Å². The Morgan fingerprint density at radius 2 is 1.79 bits per heavy atom. The fourth-order valence-corrected chi connectivity index (χ4v) is 6.86. The second-order valence-corrected chi connectivity index (χ2v) is 11.1. The molecule has 188 valence electrons. The third kappa shape index (κ3) is 5.70. The standard InChI is InChI=1S/C23H35N5O5S/c1-33-19-18-26-12-9-23(10-13-26,22(29)25-30)34(31,32)28-16-14-27(15-17-28)21-7-5-20(6-8-21)4-2-3-11-24/h5-8,30H,2-4,9-10,12-19H2,1H3,(H,25,29). The molecule has 0 unspecified atom stereocenters. The Bertz CT molecular complexity index is 947. The largest absolute Gasteiger partial charge is 0.383 e. The highest BCUT2D eigenvalue weighted by Crippen LogP contribution is 2.34. The molecule has 0 atom stereocenters. The van der Waals surface area contributed by atoms with Crippen LogP contribution in [0.2, 0.25) is 0 Å². The number of nitrogens with one attached hydrogen (secondary N) is 1. The van der Waals surface area contributed by atoms with Crippen LogP contribution in [-0.2, 0) is 26.0 Å². The van der Waals surface area contributed by atoms with Gasteiger partial charge in [0.25, 0.3) is 5.91 Å². The second-order valence-electron chi connectivity index (χ2n) is 8.84. The van der Waals surface area contributed by atoms with Crippen molar-refractivity contribution in [2.75, 3.05) is 64.4 Å². The SMILES string of the molecule is COCCN1CCC(C(=O)NO)(S(=O)(=O)N2CCN(c3ccc(CCCC#N)cc3)CC2)CC1. The number of benzene rings is 1. The smallest absolute Gasteiger partial charge is 0.266 e. The minimum absolute atomic E-state index is 0.124. The van der Waals surface area contributed by atoms with E-state index in [2.05, 4.69) is 15.9 Å². The number of unbranched alkanes of at least 4 members (excludes halogenated alkanes) is 1. The van der Waals surface area contributed by atoms with Crippen LogP contribution in [0.1, 0.15) is 31.2 Å². The summed E-state index contributed by atoms with van der Waals surface area (Å²) in [5.41, 5.74) is 3.82. The highest BCUT2D eigenvalue weighted by atomic mass is 32.2. The molecule has 2 saturated heterocycles. The summed E-state index contributed by atoms with van der Waals surface area (Å²) in [4.78, 5) is 16.9. The molecule has 2 aliphatic rings. The van der Waals surface area contributed by atoms with Crippen molar-refractivity contribution >= 4 is 21.6 Å². The maximum absolute atomic E-state index is 13.7. The first-order chi connectivity index (χ1) is 16.4. The van der Waals surface area contributed by atoms with E-state index in [1.54, 1.807) is 12.6 Å². The van der Waals surface area contributed by atoms with E-state index in [1.807, 2.05) is 24.3 Å². The van der Waals surface area contributed by atoms with Gasteiger partial charge in [0.2, 0.25) is 10.0 Å². The molecule has 0 radical (unpaired) electrons. The summed E-state index contributed by atoms with van der Waals surface area (Å²) in [5.74, 6) is -0.853. The highest BCUT2D eigenvalue weighted by molar-refractivity contribution is 7.91. The van der Waals surface area contributed by atoms with Crippen LogP contribution in [-0.4, -0.2) is 93.0 Å². The van der Waals surface area contributed by atoms with Crippen molar-refractivity contribution in [1.82, 2.24) is 14.7 Å². The van der Waals surface area contributed by atoms with E-state index in [0.29, 0.717) is 45.8 Å². The van der Waals surface area contributed by atoms with Crippen LogP contribution in [0, 0.1) is 11.3 Å². The number of carbonyl (C=O) groups excluding carboxylic acids is 1. The van der Waals surface area contributed by atoms with Gasteiger partial charge in [0.15, 0.2) is 4.75 Å². The summed E-state index contributed by atoms with van der Waals surface area (Å²) in [6.07, 6.45) is 2.48. The molecule has 0 aliphatic carbocycles. The van der Waals surface area contributed by atoms with Crippen LogP contribution in [0.15, 0.2) is 24.3 Å². The third-order valence-corrected chi connectivity index (χ3v) is 9.54. The molecule has 0 spiro atoms. The Labute approximate surface area is 202 Å². The van der Waals surface area contributed by atoms with E-state index in [-0.39, 0.29) is 25.9 Å². The summed E-state index contributed by atoms with van der Waals surface area (Å²) in [6, 6.07) is 10.3. The van der Waals surface area contributed by atoms with Crippen molar-refractivity contribution in [3.05, 3.63) is 29.8 Å². The lowest BCUT2D eigenvalue weighted by Gasteiger charge is -2.44. The molecule has 2 N–H and O–H groups in total. The van der Waals surface area contributed by atoms with Gasteiger partial charge in [0.05, 0.1) is 12.7 Å². The fraction of sp³-hybridized carbons (Fsp3) is 0.652. The monoisotopic (exact) mass is 493 g/mol. The van der Waals surface area contributed by atoms with Gasteiger partial charge in [-0.3, -0.25) is 10.0 Å². The number of amides is 1. The number of sulfonamides is 1. The lowest BCUT2D eigenvalue weighted by atomic mass is 9.95. The molecular formula is C23H35N5O5S. The van der Waals surface area contributed by atoms with E-state index >= 15 is 0 Å². The van der Waals surface area contributed by atoms with Gasteiger partial charge < -0.3 is 14.5 Å². The summed E-state index contributed by atoms with van der Waals surface area (Å²) < 4.78 is 32.2. The van der Waals surface area contributed by atoms with Crippen LogP contribution in [0.5, 0.6) is 0 Å². The number of aryl methyl sites for hydroxylation is 1.